The number of anilines is 3. The van der Waals surface area contributed by atoms with Crippen molar-refractivity contribution in [2.45, 2.75) is 18.6 Å². The Morgan fingerprint density at radius 3 is 2.63 bits per heavy atom. The maximum Gasteiger partial charge on any atom is 0.461 e. The molecule has 0 radical (unpaired) electrons. The van der Waals surface area contributed by atoms with Crippen LogP contribution in [0.25, 0.3) is 0 Å². The van der Waals surface area contributed by atoms with Gasteiger partial charge in [-0.2, -0.15) is 28.1 Å². The average Bonchev–Trinajstić information content (AvgIpc) is 2.67. The quantitative estimate of drug-likeness (QED) is 0.333. The number of nitrogens with two attached hydrogens (primary N) is 2. The summed E-state index contributed by atoms with van der Waals surface area (Å²) in [6.45, 7) is 0. The van der Waals surface area contributed by atoms with E-state index in [-0.39, 0.29) is 40.0 Å². The van der Waals surface area contributed by atoms with Crippen LogP contribution in [0.5, 0.6) is 5.75 Å². The predicted octanol–water partition coefficient (Wildman–Crippen LogP) is 2.30. The standard InChI is InChI=1S/C17H12F4N8O/c18-15(19)17(20,21)30-8-3-1-2-7(4-8)12-10-11(24)9(5-22)13(25)28-14(10)29-16(27-12)26-6-23/h1-4,12,15H,(H6,24,25,26,27,28,29). The number of fused-ring (bicyclic) bond motifs is 1. The van der Waals surface area contributed by atoms with Crippen molar-refractivity contribution >= 4 is 23.3 Å². The van der Waals surface area contributed by atoms with Gasteiger partial charge in [-0.3, -0.25) is 5.32 Å². The molecule has 3 rings (SSSR count). The molecule has 1 aliphatic heterocycles. The molecule has 0 bridgehead atoms. The Kier molecular flexibility index (Phi) is 5.21. The van der Waals surface area contributed by atoms with Crippen molar-refractivity contribution in [1.29, 1.82) is 10.5 Å². The van der Waals surface area contributed by atoms with Crippen LogP contribution in [-0.4, -0.2) is 23.5 Å². The molecule has 154 valence electrons. The monoisotopic (exact) mass is 420 g/mol. The Morgan fingerprint density at radius 2 is 2.00 bits per heavy atom. The van der Waals surface area contributed by atoms with Crippen LogP contribution in [0.1, 0.15) is 22.7 Å². The maximum atomic E-state index is 13.3. The van der Waals surface area contributed by atoms with Gasteiger partial charge in [-0.25, -0.2) is 9.98 Å². The molecule has 1 aliphatic rings. The van der Waals surface area contributed by atoms with Crippen LogP contribution in [0.2, 0.25) is 0 Å². The van der Waals surface area contributed by atoms with E-state index in [1.54, 1.807) is 6.19 Å². The number of nitrogens with one attached hydrogen (secondary N) is 2. The summed E-state index contributed by atoms with van der Waals surface area (Å²) in [5, 5.41) is 23.1. The zero-order chi connectivity index (χ0) is 22.1. The predicted molar refractivity (Wildman–Crippen MR) is 97.4 cm³/mol. The summed E-state index contributed by atoms with van der Waals surface area (Å²) in [5.41, 5.74) is 12.0. The minimum Gasteiger partial charge on any atom is -0.428 e. The number of pyridine rings is 1. The highest BCUT2D eigenvalue weighted by Gasteiger charge is 2.44. The van der Waals surface area contributed by atoms with E-state index in [9.17, 15) is 22.8 Å². The zero-order valence-corrected chi connectivity index (χ0v) is 14.8. The zero-order valence-electron chi connectivity index (χ0n) is 14.8. The van der Waals surface area contributed by atoms with Crippen molar-refractivity contribution < 1.29 is 22.3 Å². The van der Waals surface area contributed by atoms with Crippen molar-refractivity contribution in [3.8, 4) is 18.0 Å². The second-order valence-corrected chi connectivity index (χ2v) is 5.94. The molecular weight excluding hydrogens is 408 g/mol. The van der Waals surface area contributed by atoms with Crippen LogP contribution >= 0.6 is 0 Å². The van der Waals surface area contributed by atoms with Crippen LogP contribution in [0.15, 0.2) is 29.3 Å². The lowest BCUT2D eigenvalue weighted by Crippen LogP contribution is -2.33. The molecule has 1 aromatic carbocycles. The van der Waals surface area contributed by atoms with Gasteiger partial charge in [-0.1, -0.05) is 12.1 Å². The second kappa shape index (κ2) is 7.63. The second-order valence-electron chi connectivity index (χ2n) is 5.94. The summed E-state index contributed by atoms with van der Waals surface area (Å²) < 4.78 is 55.6. The summed E-state index contributed by atoms with van der Waals surface area (Å²) in [6, 6.07) is 5.63. The number of rotatable bonds is 4. The van der Waals surface area contributed by atoms with Gasteiger partial charge in [-0.05, 0) is 17.7 Å². The Balaban J connectivity index is 2.13. The summed E-state index contributed by atoms with van der Waals surface area (Å²) in [7, 11) is 0. The Hall–Kier alpha value is -4.26. The molecule has 0 saturated heterocycles. The fourth-order valence-corrected chi connectivity index (χ4v) is 2.77. The number of nitriles is 2. The fourth-order valence-electron chi connectivity index (χ4n) is 2.77. The van der Waals surface area contributed by atoms with E-state index in [1.807, 2.05) is 6.07 Å². The van der Waals surface area contributed by atoms with Crippen molar-refractivity contribution in [3.05, 3.63) is 41.0 Å². The van der Waals surface area contributed by atoms with Crippen LogP contribution in [0, 0.1) is 22.8 Å². The number of hydrogen-bond acceptors (Lipinski definition) is 9. The lowest BCUT2D eigenvalue weighted by molar-refractivity contribution is -0.253. The van der Waals surface area contributed by atoms with Gasteiger partial charge in [0.1, 0.15) is 35.1 Å². The van der Waals surface area contributed by atoms with E-state index < -0.39 is 24.3 Å². The number of halogens is 4. The van der Waals surface area contributed by atoms with Crippen LogP contribution < -0.4 is 26.8 Å². The van der Waals surface area contributed by atoms with Crippen LogP contribution in [-0.2, 0) is 0 Å². The summed E-state index contributed by atoms with van der Waals surface area (Å²) in [6.07, 6.45) is -7.09. The Labute approximate surface area is 166 Å². The molecule has 1 unspecified atom stereocenters. The number of aliphatic imine (C=N–C) groups is 1. The molecule has 0 saturated carbocycles. The van der Waals surface area contributed by atoms with Gasteiger partial charge < -0.3 is 21.5 Å². The van der Waals surface area contributed by atoms with Crippen molar-refractivity contribution in [2.24, 2.45) is 4.99 Å². The first-order valence-corrected chi connectivity index (χ1v) is 8.11. The third kappa shape index (κ3) is 3.68. The largest absolute Gasteiger partial charge is 0.461 e. The van der Waals surface area contributed by atoms with Crippen molar-refractivity contribution in [1.82, 2.24) is 10.3 Å². The first-order chi connectivity index (χ1) is 14.2. The first kappa shape index (κ1) is 20.5. The molecule has 6 N–H and O–H groups in total. The van der Waals surface area contributed by atoms with E-state index in [1.165, 1.54) is 12.1 Å². The molecular formula is C17H12F4N8O. The third-order valence-corrected chi connectivity index (χ3v) is 4.04. The number of guanidine groups is 1. The number of aromatic nitrogens is 1. The van der Waals surface area contributed by atoms with Gasteiger partial charge in [-0.15, -0.1) is 0 Å². The third-order valence-electron chi connectivity index (χ3n) is 4.04. The number of benzene rings is 1. The summed E-state index contributed by atoms with van der Waals surface area (Å²) in [4.78, 5) is 8.27. The van der Waals surface area contributed by atoms with E-state index in [0.29, 0.717) is 0 Å². The lowest BCUT2D eigenvalue weighted by Gasteiger charge is -2.26. The highest BCUT2D eigenvalue weighted by Crippen LogP contribution is 2.41. The highest BCUT2D eigenvalue weighted by atomic mass is 19.3. The van der Waals surface area contributed by atoms with E-state index in [2.05, 4.69) is 25.3 Å². The Morgan fingerprint density at radius 1 is 1.27 bits per heavy atom. The highest BCUT2D eigenvalue weighted by molar-refractivity contribution is 5.98. The normalized spacial score (nSPS) is 15.3. The average molecular weight is 420 g/mol. The molecule has 1 aromatic heterocycles. The number of nitrogens with zero attached hydrogens (tertiary/aromatic N) is 4. The van der Waals surface area contributed by atoms with Gasteiger partial charge in [0.05, 0.1) is 5.69 Å². The molecule has 30 heavy (non-hydrogen) atoms. The number of alkyl halides is 4. The number of nitrogen functional groups attached to an aromatic ring is 2. The lowest BCUT2D eigenvalue weighted by atomic mass is 9.95. The molecule has 0 spiro atoms. The van der Waals surface area contributed by atoms with Gasteiger partial charge in [0.15, 0.2) is 6.19 Å². The van der Waals surface area contributed by atoms with E-state index >= 15 is 0 Å². The van der Waals surface area contributed by atoms with Gasteiger partial charge in [0.2, 0.25) is 5.96 Å². The van der Waals surface area contributed by atoms with Crippen molar-refractivity contribution in [2.75, 3.05) is 16.8 Å². The maximum absolute atomic E-state index is 13.3. The molecule has 9 nitrogen and oxygen atoms in total. The van der Waals surface area contributed by atoms with Crippen LogP contribution in [0.3, 0.4) is 0 Å². The molecule has 0 fully saturated rings. The number of hydrogen-bond donors (Lipinski definition) is 4. The number of ether oxygens (including phenoxy) is 1. The molecule has 2 heterocycles. The van der Waals surface area contributed by atoms with Gasteiger partial charge in [0.25, 0.3) is 0 Å². The first-order valence-electron chi connectivity index (χ1n) is 8.11. The topological polar surface area (TPSA) is 158 Å². The minimum absolute atomic E-state index is 0.0600. The molecule has 0 aliphatic carbocycles. The van der Waals surface area contributed by atoms with Gasteiger partial charge in [0, 0.05) is 5.56 Å². The fraction of sp³-hybridized carbons (Fsp3) is 0.176. The smallest absolute Gasteiger partial charge is 0.428 e. The summed E-state index contributed by atoms with van der Waals surface area (Å²) >= 11 is 0. The SMILES string of the molecule is N#CNC1=NC(c2cccc(OC(F)(F)C(F)F)c2)c2c(nc(N)c(C#N)c2N)N1. The minimum atomic E-state index is -4.70. The summed E-state index contributed by atoms with van der Waals surface area (Å²) in [5.74, 6) is -0.710. The van der Waals surface area contributed by atoms with E-state index in [4.69, 9.17) is 16.7 Å². The van der Waals surface area contributed by atoms with Gasteiger partial charge >= 0.3 is 12.5 Å². The molecule has 13 heteroatoms. The van der Waals surface area contributed by atoms with E-state index in [0.717, 1.165) is 12.1 Å². The van der Waals surface area contributed by atoms with Crippen molar-refractivity contribution in [3.63, 3.8) is 0 Å². The molecule has 2 aromatic rings. The Bertz CT molecular complexity index is 1110. The molecule has 0 amide bonds. The van der Waals surface area contributed by atoms with Crippen LogP contribution in [0.4, 0.5) is 34.9 Å². The molecule has 1 atom stereocenters.